The molecule has 0 saturated carbocycles. The Morgan fingerprint density at radius 2 is 0.826 bits per heavy atom. The number of benzene rings is 4. The molecule has 4 unspecified atom stereocenters. The Balaban J connectivity index is 0.000000325. The van der Waals surface area contributed by atoms with Crippen LogP contribution in [0.25, 0.3) is 0 Å². The van der Waals surface area contributed by atoms with Crippen LogP contribution in [0.4, 0.5) is 22.7 Å². The van der Waals surface area contributed by atoms with Crippen LogP contribution < -0.4 is 32.3 Å². The van der Waals surface area contributed by atoms with Crippen LogP contribution in [0.3, 0.4) is 0 Å². The highest BCUT2D eigenvalue weighted by atomic mass is 16.6. The normalized spacial score (nSPS) is 15.5. The molecule has 9 N–H and O–H groups in total. The van der Waals surface area contributed by atoms with Gasteiger partial charge in [0.2, 0.25) is 47.3 Å². The number of ether oxygens (including phenoxy) is 6. The van der Waals surface area contributed by atoms with E-state index in [0.29, 0.717) is 47.9 Å². The van der Waals surface area contributed by atoms with E-state index in [1.54, 1.807) is 67.8 Å². The summed E-state index contributed by atoms with van der Waals surface area (Å²) in [7, 11) is 2.57. The summed E-state index contributed by atoms with van der Waals surface area (Å²) in [5.74, 6) is -9.13. The van der Waals surface area contributed by atoms with Gasteiger partial charge in [-0.15, -0.1) is 0 Å². The van der Waals surface area contributed by atoms with Crippen molar-refractivity contribution < 1.29 is 115 Å². The fourth-order valence-electron chi connectivity index (χ4n) is 14.7. The number of methoxy groups -OCH3 is 2. The van der Waals surface area contributed by atoms with Gasteiger partial charge in [-0.3, -0.25) is 123 Å². The van der Waals surface area contributed by atoms with Gasteiger partial charge in [-0.2, -0.15) is 0 Å². The molecule has 2 aromatic heterocycles. The molecule has 8 atom stereocenters. The summed E-state index contributed by atoms with van der Waals surface area (Å²) in [5, 5.41) is 57.2. The van der Waals surface area contributed by atoms with Crippen molar-refractivity contribution in [1.82, 2.24) is 51.4 Å². The number of hydrogen-bond donors (Lipinski definition) is 8. The van der Waals surface area contributed by atoms with Crippen LogP contribution in [0.5, 0.6) is 0 Å². The fourth-order valence-corrected chi connectivity index (χ4v) is 14.7. The molecule has 2 saturated heterocycles. The number of aromatic amines is 2. The Morgan fingerprint density at radius 1 is 0.486 bits per heavy atom. The lowest BCUT2D eigenvalue weighted by atomic mass is 9.82. The molecule has 6 aromatic rings. The molecule has 0 aliphatic carbocycles. The predicted molar refractivity (Wildman–Crippen MR) is 498 cm³/mol. The van der Waals surface area contributed by atoms with Crippen molar-refractivity contribution >= 4 is 106 Å². The number of piperidine rings is 1. The highest BCUT2D eigenvalue weighted by molar-refractivity contribution is 6.04. The van der Waals surface area contributed by atoms with Crippen LogP contribution in [-0.2, 0) is 134 Å². The maximum absolute atomic E-state index is 13.3. The number of primary amides is 1. The monoisotopic (exact) mass is 1930 g/mol. The number of carbonyl (C=O) groups is 14. The van der Waals surface area contributed by atoms with Crippen LogP contribution in [0, 0.1) is 99.6 Å². The van der Waals surface area contributed by atoms with Gasteiger partial charge in [0.25, 0.3) is 22.7 Å². The van der Waals surface area contributed by atoms with E-state index in [1.165, 1.54) is 129 Å². The lowest BCUT2D eigenvalue weighted by molar-refractivity contribution is -0.385. The van der Waals surface area contributed by atoms with Gasteiger partial charge in [0.15, 0.2) is 0 Å². The Kier molecular flexibility index (Phi) is 44.2. The smallest absolute Gasteiger partial charge is 0.310 e. The van der Waals surface area contributed by atoms with E-state index in [4.69, 9.17) is 34.2 Å². The number of imidazole rings is 2. The molecule has 2 aliphatic heterocycles. The molecule has 43 heteroatoms. The number of nitrogens with two attached hydrogens (primary N) is 1. The Hall–Kier alpha value is -14.2. The predicted octanol–water partition coefficient (Wildman–Crippen LogP) is 9.35. The number of amides is 8. The van der Waals surface area contributed by atoms with E-state index in [0.717, 1.165) is 11.4 Å². The summed E-state index contributed by atoms with van der Waals surface area (Å²) in [6, 6.07) is 21.3. The first-order valence-electron chi connectivity index (χ1n) is 44.9. The van der Waals surface area contributed by atoms with E-state index in [9.17, 15) is 108 Å². The van der Waals surface area contributed by atoms with Gasteiger partial charge < -0.3 is 60.1 Å². The highest BCUT2D eigenvalue weighted by Crippen LogP contribution is 2.32. The number of nitrogens with one attached hydrogen (secondary N) is 7. The van der Waals surface area contributed by atoms with E-state index in [1.807, 2.05) is 55.4 Å². The third kappa shape index (κ3) is 38.5. The average Bonchev–Trinajstić information content (AvgIpc) is 0.807. The number of esters is 6. The first kappa shape index (κ1) is 114. The molecule has 0 spiro atoms. The molecule has 43 nitrogen and oxygen atoms in total. The van der Waals surface area contributed by atoms with E-state index in [2.05, 4.69) is 46.5 Å². The zero-order valence-corrected chi connectivity index (χ0v) is 81.1. The SMILES string of the molecule is CC(C)C(C[C@H]1CCC(=O)NC1=O)C(=O)NC(C)(C)COC(=O)Cc1ccc([N+](=O)[O-])cc1.CC(C)C1N[C@@H](Cc2cnc[nH]2)C(=O)N(C(C)(C)COC(=O)Cc2ccc([N+](=O)[O-])cc2)C1=O.COC(=O)[C@H](CCC(N)=O)CC(C(=O)NC(C)(C)COC(=O)Cc1ccc([N+](=O)[O-])cc1)C(C)C.COC(=O)[C@H](Cc1cnc[nH]1)CC(C(=O)NC(C)(C)COC(=O)Cc1ccc([N+](=O)[O-])cc1)C(C)C. The van der Waals surface area contributed by atoms with E-state index in [-0.39, 0.29) is 166 Å². The second-order valence-corrected chi connectivity index (χ2v) is 37.8. The van der Waals surface area contributed by atoms with Crippen LogP contribution in [-0.4, -0.2) is 202 Å². The minimum atomic E-state index is -1.08. The van der Waals surface area contributed by atoms with Crippen LogP contribution in [0.15, 0.2) is 122 Å². The van der Waals surface area contributed by atoms with Crippen molar-refractivity contribution in [1.29, 1.82) is 0 Å². The molecular weight excluding hydrogens is 1800 g/mol. The molecule has 4 aromatic carbocycles. The summed E-state index contributed by atoms with van der Waals surface area (Å²) in [5.41, 5.74) is 5.06. The van der Waals surface area contributed by atoms with Crippen molar-refractivity contribution in [2.24, 2.45) is 64.9 Å². The van der Waals surface area contributed by atoms with Crippen LogP contribution in [0.1, 0.15) is 189 Å². The highest BCUT2D eigenvalue weighted by Gasteiger charge is 2.49. The van der Waals surface area contributed by atoms with Gasteiger partial charge in [0.05, 0.1) is 118 Å². The lowest BCUT2D eigenvalue weighted by Crippen LogP contribution is -2.70. The van der Waals surface area contributed by atoms with E-state index >= 15 is 0 Å². The number of imide groups is 2. The molecular formula is C95H129N15O28. The number of hydrogen-bond acceptors (Lipinski definition) is 31. The van der Waals surface area contributed by atoms with Gasteiger partial charge >= 0.3 is 35.8 Å². The second kappa shape index (κ2) is 53.4. The summed E-state index contributed by atoms with van der Waals surface area (Å²) >= 11 is 0. The minimum Gasteiger partial charge on any atom is -0.469 e. The van der Waals surface area contributed by atoms with Crippen LogP contribution >= 0.6 is 0 Å². The van der Waals surface area contributed by atoms with Crippen molar-refractivity contribution in [3.8, 4) is 0 Å². The Bertz CT molecular complexity index is 5170. The fraction of sp³-hybridized carbons (Fsp3) is 0.537. The molecule has 0 bridgehead atoms. The number of non-ortho nitro benzene ring substituents is 4. The maximum atomic E-state index is 13.3. The third-order valence-electron chi connectivity index (χ3n) is 22.6. The zero-order valence-electron chi connectivity index (χ0n) is 81.1. The molecule has 8 amide bonds. The number of nitro groups is 4. The molecule has 2 aliphatic rings. The van der Waals surface area contributed by atoms with Gasteiger partial charge in [0, 0.05) is 122 Å². The maximum Gasteiger partial charge on any atom is 0.310 e. The topological polar surface area (TPSA) is 614 Å². The number of aromatic nitrogens is 4. The molecule has 138 heavy (non-hydrogen) atoms. The minimum absolute atomic E-state index is 0.00239. The summed E-state index contributed by atoms with van der Waals surface area (Å²) in [6.07, 6.45) is 8.43. The Labute approximate surface area is 799 Å². The molecule has 4 heterocycles. The standard InChI is InChI=1S/C25H34N4O7.C24H35N3O8.C23H29N5O6.C23H31N3O7/c1-16(2)21(12-18(24(32)35-5)11-19-13-26-15-27-19)23(31)28-25(3,4)14-36-22(30)10-17-6-8-20(9-7-17)29(33)34;1-15(2)19(13-17(23(31)34-5)8-11-20(25)28)22(30)26-24(3,4)14-35-21(29)12-16-6-9-18(10-7-16)27(32)33;1-14(2)20-22(31)27(21(30)18(26-20)10-16-11-24-13-25-16)23(3,4)12-34-19(29)9-15-5-7-17(8-6-15)28(32)33;1-14(2)18(12-16-7-10-19(27)24-21(16)29)22(30)25-23(3,4)13-33-20(28)11-15-5-8-17(9-6-15)26(31)32/h6-9,13,15-16,18,21H,10-12,14H2,1-5H3,(H,26,27)(H,28,31);6-7,9-10,15,17,19H,8,11-14H2,1-5H3,(H2,25,28)(H,26,30);5-8,11,13-14,18,20,26H,9-10,12H2,1-4H3,(H,24,25);5-6,8-9,14,16,18H,7,10-13H2,1-4H3,(H,25,30)(H,24,27,29)/t18-,21?;17-,19?;18-,20?;16-,18?/m1101/s1. The molecule has 8 rings (SSSR count). The molecule has 0 radical (unpaired) electrons. The van der Waals surface area contributed by atoms with Crippen molar-refractivity contribution in [3.63, 3.8) is 0 Å². The lowest BCUT2D eigenvalue weighted by Gasteiger charge is -2.45. The van der Waals surface area contributed by atoms with Crippen molar-refractivity contribution in [2.45, 2.75) is 228 Å². The molecule has 2 fully saturated rings. The van der Waals surface area contributed by atoms with Gasteiger partial charge in [-0.25, -0.2) is 9.97 Å². The van der Waals surface area contributed by atoms with Crippen molar-refractivity contribution in [3.05, 3.63) is 196 Å². The number of H-pyrrole nitrogens is 2. The van der Waals surface area contributed by atoms with Gasteiger partial charge in [-0.1, -0.05) is 104 Å². The van der Waals surface area contributed by atoms with E-state index < -0.39 is 137 Å². The summed E-state index contributed by atoms with van der Waals surface area (Å²) in [4.78, 5) is 230. The number of nitro benzene ring substituents is 4. The van der Waals surface area contributed by atoms with Crippen molar-refractivity contribution in [2.75, 3.05) is 40.6 Å². The number of rotatable bonds is 46. The van der Waals surface area contributed by atoms with Gasteiger partial charge in [-0.05, 0) is 133 Å². The Morgan fingerprint density at radius 3 is 1.14 bits per heavy atom. The third-order valence-corrected chi connectivity index (χ3v) is 22.6. The summed E-state index contributed by atoms with van der Waals surface area (Å²) in [6.45, 7) is 28.4. The second-order valence-electron chi connectivity index (χ2n) is 37.8. The zero-order chi connectivity index (χ0) is 103. The first-order valence-corrected chi connectivity index (χ1v) is 44.9. The number of carbonyl (C=O) groups excluding carboxylic acids is 14. The summed E-state index contributed by atoms with van der Waals surface area (Å²) < 4.78 is 31.2. The molecule has 752 valence electrons. The van der Waals surface area contributed by atoms with Crippen LogP contribution in [0.2, 0.25) is 0 Å². The quantitative estimate of drug-likeness (QED) is 0.00579. The average molecular weight is 1930 g/mol. The number of piperazine rings is 1. The van der Waals surface area contributed by atoms with Gasteiger partial charge in [0.1, 0.15) is 26.4 Å². The number of nitrogens with zero attached hydrogens (tertiary/aromatic N) is 7. The largest absolute Gasteiger partial charge is 0.469 e. The first-order chi connectivity index (χ1) is 64.5.